The highest BCUT2D eigenvalue weighted by Crippen LogP contribution is 2.53. The van der Waals surface area contributed by atoms with Crippen LogP contribution in [0.1, 0.15) is 40.5 Å². The number of thioether (sulfide) groups is 1. The predicted octanol–water partition coefficient (Wildman–Crippen LogP) is 2.05. The van der Waals surface area contributed by atoms with Crippen LogP contribution >= 0.6 is 11.8 Å². The van der Waals surface area contributed by atoms with Gasteiger partial charge >= 0.3 is 0 Å². The van der Waals surface area contributed by atoms with E-state index in [9.17, 15) is 9.90 Å². The second-order valence-corrected chi connectivity index (χ2v) is 9.27. The maximum atomic E-state index is 12.7. The summed E-state index contributed by atoms with van der Waals surface area (Å²) in [5.74, 6) is 2.26. The molecule has 3 heterocycles. The van der Waals surface area contributed by atoms with Crippen molar-refractivity contribution in [2.24, 2.45) is 0 Å². The Morgan fingerprint density at radius 3 is 2.61 bits per heavy atom. The number of H-pyrrole nitrogens is 1. The van der Waals surface area contributed by atoms with Crippen LogP contribution in [0.2, 0.25) is 0 Å². The zero-order chi connectivity index (χ0) is 19.1. The summed E-state index contributed by atoms with van der Waals surface area (Å²) >= 11 is 1.99. The zero-order valence-corrected chi connectivity index (χ0v) is 16.7. The molecule has 1 aromatic heterocycles. The largest absolute Gasteiger partial charge is 0.390 e. The quantitative estimate of drug-likeness (QED) is 0.810. The molecule has 0 radical (unpaired) electrons. The standard InChI is InChI=1S/C21H26N4O2S/c26-19-18(24-11-13-28-14-12-24)15-3-1-2-4-16(15)21(19)6-9-25(10-7-21)20(27)17-5-8-22-23-17/h1-5,8,18-19,26H,6-7,9-14H2,(H,22,23)/t18-,19+/m1/s1. The number of hydrogen-bond donors (Lipinski definition) is 2. The summed E-state index contributed by atoms with van der Waals surface area (Å²) in [5, 5.41) is 18.2. The molecule has 2 fully saturated rings. The van der Waals surface area contributed by atoms with Crippen LogP contribution in [0.25, 0.3) is 0 Å². The normalized spacial score (nSPS) is 27.1. The SMILES string of the molecule is O=C(c1ccn[nH]1)N1CCC2(CC1)c1ccccc1[C@@H](N1CCSCC1)[C@@H]2O. The van der Waals surface area contributed by atoms with Crippen LogP contribution in [-0.2, 0) is 5.41 Å². The molecule has 1 aromatic carbocycles. The number of carbonyl (C=O) groups excluding carboxylic acids is 1. The fourth-order valence-corrected chi connectivity index (χ4v) is 6.24. The van der Waals surface area contributed by atoms with Crippen LogP contribution < -0.4 is 0 Å². The van der Waals surface area contributed by atoms with E-state index in [1.165, 1.54) is 11.1 Å². The van der Waals surface area contributed by atoms with Crippen LogP contribution in [0.15, 0.2) is 36.5 Å². The van der Waals surface area contributed by atoms with Crippen molar-refractivity contribution in [1.29, 1.82) is 0 Å². The second-order valence-electron chi connectivity index (χ2n) is 8.04. The number of benzene rings is 1. The van der Waals surface area contributed by atoms with E-state index in [2.05, 4.69) is 39.4 Å². The molecule has 0 bridgehead atoms. The number of aromatic amines is 1. The molecule has 5 rings (SSSR count). The van der Waals surface area contributed by atoms with Crippen molar-refractivity contribution in [2.75, 3.05) is 37.7 Å². The predicted molar refractivity (Wildman–Crippen MR) is 109 cm³/mol. The van der Waals surface area contributed by atoms with Gasteiger partial charge < -0.3 is 10.0 Å². The van der Waals surface area contributed by atoms with E-state index in [0.717, 1.165) is 37.4 Å². The molecule has 2 aromatic rings. The fraction of sp³-hybridized carbons (Fsp3) is 0.524. The van der Waals surface area contributed by atoms with E-state index in [1.807, 2.05) is 16.7 Å². The van der Waals surface area contributed by atoms with Crippen molar-refractivity contribution in [3.63, 3.8) is 0 Å². The molecular formula is C21H26N4O2S. The molecule has 2 aliphatic heterocycles. The van der Waals surface area contributed by atoms with E-state index >= 15 is 0 Å². The molecule has 148 valence electrons. The summed E-state index contributed by atoms with van der Waals surface area (Å²) in [4.78, 5) is 17.0. The Balaban J connectivity index is 1.41. The molecule has 2 N–H and O–H groups in total. The van der Waals surface area contributed by atoms with E-state index in [4.69, 9.17) is 0 Å². The zero-order valence-electron chi connectivity index (χ0n) is 15.9. The third kappa shape index (κ3) is 2.79. The first-order chi connectivity index (χ1) is 13.7. The lowest BCUT2D eigenvalue weighted by Gasteiger charge is -2.44. The number of aliphatic hydroxyl groups excluding tert-OH is 1. The number of likely N-dealkylation sites (tertiary alicyclic amines) is 1. The van der Waals surface area contributed by atoms with Crippen LogP contribution in [0, 0.1) is 0 Å². The third-order valence-electron chi connectivity index (χ3n) is 6.79. The lowest BCUT2D eigenvalue weighted by molar-refractivity contribution is -0.0113. The molecule has 0 saturated carbocycles. The number of rotatable bonds is 2. The van der Waals surface area contributed by atoms with Crippen molar-refractivity contribution in [3.8, 4) is 0 Å². The molecule has 2 atom stereocenters. The molecule has 28 heavy (non-hydrogen) atoms. The van der Waals surface area contributed by atoms with Crippen molar-refractivity contribution < 1.29 is 9.90 Å². The number of carbonyl (C=O) groups is 1. The molecule has 6 nitrogen and oxygen atoms in total. The maximum absolute atomic E-state index is 12.7. The van der Waals surface area contributed by atoms with Crippen LogP contribution in [0.3, 0.4) is 0 Å². The summed E-state index contributed by atoms with van der Waals surface area (Å²) < 4.78 is 0. The Kier molecular flexibility index (Phi) is 4.69. The minimum Gasteiger partial charge on any atom is -0.390 e. The first-order valence-corrected chi connectivity index (χ1v) is 11.2. The number of aromatic nitrogens is 2. The molecular weight excluding hydrogens is 372 g/mol. The van der Waals surface area contributed by atoms with Gasteiger partial charge in [-0.2, -0.15) is 16.9 Å². The molecule has 3 aliphatic rings. The first kappa shape index (κ1) is 18.2. The fourth-order valence-electron chi connectivity index (χ4n) is 5.31. The number of nitrogens with zero attached hydrogens (tertiary/aromatic N) is 3. The lowest BCUT2D eigenvalue weighted by atomic mass is 9.72. The highest BCUT2D eigenvalue weighted by molar-refractivity contribution is 7.99. The van der Waals surface area contributed by atoms with Crippen molar-refractivity contribution >= 4 is 17.7 Å². The van der Waals surface area contributed by atoms with Crippen LogP contribution in [0.5, 0.6) is 0 Å². The summed E-state index contributed by atoms with van der Waals surface area (Å²) in [6.07, 6.45) is 2.78. The van der Waals surface area contributed by atoms with Gasteiger partial charge in [-0.25, -0.2) is 0 Å². The van der Waals surface area contributed by atoms with E-state index in [0.29, 0.717) is 18.8 Å². The van der Waals surface area contributed by atoms with Crippen LogP contribution in [-0.4, -0.2) is 74.8 Å². The Morgan fingerprint density at radius 1 is 1.14 bits per heavy atom. The van der Waals surface area contributed by atoms with Gasteiger partial charge in [0.2, 0.25) is 0 Å². The Bertz CT molecular complexity index is 842. The smallest absolute Gasteiger partial charge is 0.271 e. The van der Waals surface area contributed by atoms with E-state index in [-0.39, 0.29) is 17.4 Å². The van der Waals surface area contributed by atoms with Crippen molar-refractivity contribution in [1.82, 2.24) is 20.0 Å². The summed E-state index contributed by atoms with van der Waals surface area (Å²) in [6.45, 7) is 3.38. The van der Waals surface area contributed by atoms with Gasteiger partial charge in [0.15, 0.2) is 0 Å². The van der Waals surface area contributed by atoms with Gasteiger partial charge in [0.05, 0.1) is 12.1 Å². The number of amides is 1. The number of aliphatic hydroxyl groups is 1. The summed E-state index contributed by atoms with van der Waals surface area (Å²) in [5.41, 5.74) is 2.86. The van der Waals surface area contributed by atoms with Gasteiger partial charge in [0.25, 0.3) is 5.91 Å². The molecule has 7 heteroatoms. The minimum atomic E-state index is -0.419. The number of hydrogen-bond acceptors (Lipinski definition) is 5. The Labute approximate surface area is 169 Å². The molecule has 1 aliphatic carbocycles. The van der Waals surface area contributed by atoms with Gasteiger partial charge in [-0.1, -0.05) is 24.3 Å². The first-order valence-electron chi connectivity index (χ1n) is 10.1. The maximum Gasteiger partial charge on any atom is 0.271 e. The summed E-state index contributed by atoms with van der Waals surface area (Å²) in [6, 6.07) is 10.4. The number of piperidine rings is 1. The van der Waals surface area contributed by atoms with E-state index < -0.39 is 6.10 Å². The van der Waals surface area contributed by atoms with Crippen LogP contribution in [0.4, 0.5) is 0 Å². The van der Waals surface area contributed by atoms with Crippen molar-refractivity contribution in [3.05, 3.63) is 53.3 Å². The molecule has 1 amide bonds. The van der Waals surface area contributed by atoms with Crippen molar-refractivity contribution in [2.45, 2.75) is 30.4 Å². The summed E-state index contributed by atoms with van der Waals surface area (Å²) in [7, 11) is 0. The number of nitrogens with one attached hydrogen (secondary N) is 1. The van der Waals surface area contributed by atoms with Gasteiger partial charge in [-0.3, -0.25) is 14.8 Å². The average molecular weight is 399 g/mol. The van der Waals surface area contributed by atoms with E-state index in [1.54, 1.807) is 12.3 Å². The molecule has 2 saturated heterocycles. The molecule has 0 unspecified atom stereocenters. The monoisotopic (exact) mass is 398 g/mol. The highest BCUT2D eigenvalue weighted by Gasteiger charge is 2.54. The Morgan fingerprint density at radius 2 is 1.89 bits per heavy atom. The minimum absolute atomic E-state index is 0.00210. The Hall–Kier alpha value is -1.83. The topological polar surface area (TPSA) is 72.5 Å². The highest BCUT2D eigenvalue weighted by atomic mass is 32.2. The molecule has 1 spiro atoms. The van der Waals surface area contributed by atoms with Gasteiger partial charge in [0, 0.05) is 49.3 Å². The van der Waals surface area contributed by atoms with Gasteiger partial charge in [-0.05, 0) is 30.0 Å². The average Bonchev–Trinajstić information content (AvgIpc) is 3.36. The number of fused-ring (bicyclic) bond motifs is 2. The lowest BCUT2D eigenvalue weighted by Crippen LogP contribution is -2.51. The third-order valence-corrected chi connectivity index (χ3v) is 7.74. The second kappa shape index (κ2) is 7.21. The van der Waals surface area contributed by atoms with Gasteiger partial charge in [0.1, 0.15) is 5.69 Å². The van der Waals surface area contributed by atoms with Gasteiger partial charge in [-0.15, -0.1) is 0 Å².